The molecule has 2 aromatic carbocycles. The van der Waals surface area contributed by atoms with Gasteiger partial charge in [0, 0.05) is 22.9 Å². The van der Waals surface area contributed by atoms with Gasteiger partial charge >= 0.3 is 0 Å². The molecule has 1 aromatic heterocycles. The highest BCUT2D eigenvalue weighted by atomic mass is 35.5. The van der Waals surface area contributed by atoms with Crippen LogP contribution in [0.15, 0.2) is 53.4 Å². The highest BCUT2D eigenvalue weighted by Gasteiger charge is 2.22. The third kappa shape index (κ3) is 4.00. The van der Waals surface area contributed by atoms with Crippen LogP contribution in [0.3, 0.4) is 0 Å². The number of H-pyrrole nitrogens is 1. The van der Waals surface area contributed by atoms with Gasteiger partial charge in [-0.05, 0) is 49.7 Å². The third-order valence-corrected chi connectivity index (χ3v) is 5.92. The molecular formula is C18H19ClN4O2S. The number of aromatic nitrogens is 2. The minimum atomic E-state index is -3.69. The summed E-state index contributed by atoms with van der Waals surface area (Å²) >= 11 is 6.14. The Morgan fingerprint density at radius 2 is 1.69 bits per heavy atom. The lowest BCUT2D eigenvalue weighted by molar-refractivity contribution is 0.600. The molecule has 0 radical (unpaired) electrons. The normalized spacial score (nSPS) is 11.3. The van der Waals surface area contributed by atoms with Crippen LogP contribution in [-0.2, 0) is 16.6 Å². The first kappa shape index (κ1) is 18.3. The lowest BCUT2D eigenvalue weighted by Crippen LogP contribution is -2.14. The topological polar surface area (TPSA) is 86.9 Å². The number of aromatic amines is 1. The third-order valence-electron chi connectivity index (χ3n) is 3.91. The first-order valence-corrected chi connectivity index (χ1v) is 9.84. The Bertz CT molecular complexity index is 994. The van der Waals surface area contributed by atoms with Crippen LogP contribution in [0, 0.1) is 13.8 Å². The minimum Gasteiger partial charge on any atom is -0.381 e. The number of nitrogens with zero attached hydrogens (tertiary/aromatic N) is 1. The summed E-state index contributed by atoms with van der Waals surface area (Å²) in [5.74, 6) is 0. The molecule has 6 nitrogen and oxygen atoms in total. The van der Waals surface area contributed by atoms with Crippen molar-refractivity contribution in [1.82, 2.24) is 10.2 Å². The number of anilines is 2. The SMILES string of the molecule is Cc1n[nH]c(C)c1S(=O)(=O)Nc1ccc(NCc2ccccc2Cl)cc1. The smallest absolute Gasteiger partial charge is 0.265 e. The van der Waals surface area contributed by atoms with Crippen molar-refractivity contribution in [3.63, 3.8) is 0 Å². The van der Waals surface area contributed by atoms with Crippen LogP contribution < -0.4 is 10.0 Å². The predicted octanol–water partition coefficient (Wildman–Crippen LogP) is 4.09. The van der Waals surface area contributed by atoms with E-state index < -0.39 is 10.0 Å². The van der Waals surface area contributed by atoms with E-state index in [1.807, 2.05) is 36.4 Å². The summed E-state index contributed by atoms with van der Waals surface area (Å²) in [6.07, 6.45) is 0. The second-order valence-corrected chi connectivity index (χ2v) is 7.92. The number of rotatable bonds is 6. The number of nitrogens with one attached hydrogen (secondary N) is 3. The molecular weight excluding hydrogens is 372 g/mol. The zero-order valence-corrected chi connectivity index (χ0v) is 15.9. The van der Waals surface area contributed by atoms with Gasteiger partial charge in [0.15, 0.2) is 0 Å². The summed E-state index contributed by atoms with van der Waals surface area (Å²) < 4.78 is 27.6. The fraction of sp³-hybridized carbons (Fsp3) is 0.167. The van der Waals surface area contributed by atoms with Crippen molar-refractivity contribution in [1.29, 1.82) is 0 Å². The first-order valence-electron chi connectivity index (χ1n) is 7.98. The minimum absolute atomic E-state index is 0.179. The van der Waals surface area contributed by atoms with Gasteiger partial charge in [0.05, 0.1) is 11.4 Å². The van der Waals surface area contributed by atoms with Crippen molar-refractivity contribution >= 4 is 33.0 Å². The molecule has 0 spiro atoms. The number of sulfonamides is 1. The van der Waals surface area contributed by atoms with Gasteiger partial charge in [-0.1, -0.05) is 29.8 Å². The maximum atomic E-state index is 12.5. The maximum absolute atomic E-state index is 12.5. The summed E-state index contributed by atoms with van der Waals surface area (Å²) in [5, 5.41) is 10.6. The molecule has 3 aromatic rings. The molecule has 0 aliphatic heterocycles. The highest BCUT2D eigenvalue weighted by molar-refractivity contribution is 7.92. The summed E-state index contributed by atoms with van der Waals surface area (Å²) in [6, 6.07) is 14.6. The van der Waals surface area contributed by atoms with E-state index in [-0.39, 0.29) is 4.90 Å². The van der Waals surface area contributed by atoms with E-state index in [0.717, 1.165) is 11.3 Å². The Morgan fingerprint density at radius 3 is 2.31 bits per heavy atom. The predicted molar refractivity (Wildman–Crippen MR) is 104 cm³/mol. The first-order chi connectivity index (χ1) is 12.4. The van der Waals surface area contributed by atoms with Crippen molar-refractivity contribution in [2.24, 2.45) is 0 Å². The second-order valence-electron chi connectivity index (χ2n) is 5.89. The summed E-state index contributed by atoms with van der Waals surface area (Å²) in [5.41, 5.74) is 3.28. The average Bonchev–Trinajstić information content (AvgIpc) is 2.94. The van der Waals surface area contributed by atoms with Crippen LogP contribution in [0.1, 0.15) is 17.0 Å². The van der Waals surface area contributed by atoms with Crippen LogP contribution in [0.2, 0.25) is 5.02 Å². The zero-order valence-electron chi connectivity index (χ0n) is 14.4. The van der Waals surface area contributed by atoms with E-state index in [2.05, 4.69) is 20.2 Å². The molecule has 0 aliphatic carbocycles. The standard InChI is InChI=1S/C18H19ClN4O2S/c1-12-18(13(2)22-21-12)26(24,25)23-16-9-7-15(8-10-16)20-11-14-5-3-4-6-17(14)19/h3-10,20,23H,11H2,1-2H3,(H,21,22). The quantitative estimate of drug-likeness (QED) is 0.591. The van der Waals surface area contributed by atoms with Crippen LogP contribution in [-0.4, -0.2) is 18.6 Å². The van der Waals surface area contributed by atoms with Crippen LogP contribution in [0.5, 0.6) is 0 Å². The van der Waals surface area contributed by atoms with Gasteiger partial charge in [0.2, 0.25) is 0 Å². The van der Waals surface area contributed by atoms with Crippen LogP contribution in [0.25, 0.3) is 0 Å². The fourth-order valence-corrected chi connectivity index (χ4v) is 4.27. The number of aryl methyl sites for hydroxylation is 2. The Morgan fingerprint density at radius 1 is 1.04 bits per heavy atom. The lowest BCUT2D eigenvalue weighted by Gasteiger charge is -2.11. The van der Waals surface area contributed by atoms with Crippen LogP contribution >= 0.6 is 11.6 Å². The van der Waals surface area contributed by atoms with E-state index in [0.29, 0.717) is 28.6 Å². The van der Waals surface area contributed by atoms with E-state index in [1.165, 1.54) is 0 Å². The summed E-state index contributed by atoms with van der Waals surface area (Å²) in [7, 11) is -3.69. The van der Waals surface area contributed by atoms with E-state index in [1.54, 1.807) is 26.0 Å². The van der Waals surface area contributed by atoms with Gasteiger partial charge in [-0.25, -0.2) is 8.42 Å². The van der Waals surface area contributed by atoms with Gasteiger partial charge in [0.25, 0.3) is 10.0 Å². The van der Waals surface area contributed by atoms with Crippen molar-refractivity contribution in [2.75, 3.05) is 10.0 Å². The average molecular weight is 391 g/mol. The Hall–Kier alpha value is -2.51. The molecule has 8 heteroatoms. The molecule has 3 rings (SSSR count). The van der Waals surface area contributed by atoms with Crippen LogP contribution in [0.4, 0.5) is 11.4 Å². The molecule has 0 saturated heterocycles. The Kier molecular flexibility index (Phi) is 5.20. The molecule has 3 N–H and O–H groups in total. The monoisotopic (exact) mass is 390 g/mol. The summed E-state index contributed by atoms with van der Waals surface area (Å²) in [6.45, 7) is 3.91. The molecule has 136 valence electrons. The number of benzene rings is 2. The molecule has 0 amide bonds. The molecule has 0 aliphatic rings. The Balaban J connectivity index is 1.69. The molecule has 0 saturated carbocycles. The molecule has 1 heterocycles. The van der Waals surface area contributed by atoms with Gasteiger partial charge in [0.1, 0.15) is 4.90 Å². The molecule has 0 atom stereocenters. The van der Waals surface area contributed by atoms with Gasteiger partial charge in [-0.2, -0.15) is 5.10 Å². The van der Waals surface area contributed by atoms with Crippen molar-refractivity contribution in [2.45, 2.75) is 25.3 Å². The largest absolute Gasteiger partial charge is 0.381 e. The second kappa shape index (κ2) is 7.39. The maximum Gasteiger partial charge on any atom is 0.265 e. The van der Waals surface area contributed by atoms with Crippen molar-refractivity contribution in [3.8, 4) is 0 Å². The van der Waals surface area contributed by atoms with Gasteiger partial charge in [-0.15, -0.1) is 0 Å². The van der Waals surface area contributed by atoms with Crippen molar-refractivity contribution in [3.05, 3.63) is 70.5 Å². The van der Waals surface area contributed by atoms with Gasteiger partial charge < -0.3 is 5.32 Å². The number of hydrogen-bond acceptors (Lipinski definition) is 4. The zero-order chi connectivity index (χ0) is 18.7. The number of halogens is 1. The molecule has 0 bridgehead atoms. The van der Waals surface area contributed by atoms with E-state index in [9.17, 15) is 8.42 Å². The van der Waals surface area contributed by atoms with Gasteiger partial charge in [-0.3, -0.25) is 9.82 Å². The Labute approximate surface area is 157 Å². The van der Waals surface area contributed by atoms with E-state index >= 15 is 0 Å². The highest BCUT2D eigenvalue weighted by Crippen LogP contribution is 2.22. The van der Waals surface area contributed by atoms with E-state index in [4.69, 9.17) is 11.6 Å². The molecule has 26 heavy (non-hydrogen) atoms. The van der Waals surface area contributed by atoms with Crippen molar-refractivity contribution < 1.29 is 8.42 Å². The lowest BCUT2D eigenvalue weighted by atomic mass is 10.2. The number of hydrogen-bond donors (Lipinski definition) is 3. The fourth-order valence-electron chi connectivity index (χ4n) is 2.64. The molecule has 0 unspecified atom stereocenters. The summed E-state index contributed by atoms with van der Waals surface area (Å²) in [4.78, 5) is 0.179. The molecule has 0 fully saturated rings.